The fourth-order valence-corrected chi connectivity index (χ4v) is 2.30. The lowest BCUT2D eigenvalue weighted by atomic mass is 10.1. The summed E-state index contributed by atoms with van der Waals surface area (Å²) in [7, 11) is 0. The van der Waals surface area contributed by atoms with E-state index in [0.717, 1.165) is 28.6 Å². The summed E-state index contributed by atoms with van der Waals surface area (Å²) >= 11 is 3.32. The van der Waals surface area contributed by atoms with Crippen LogP contribution in [0.15, 0.2) is 46.9 Å². The van der Waals surface area contributed by atoms with Crippen LogP contribution in [0.5, 0.6) is 0 Å². The lowest BCUT2D eigenvalue weighted by Gasteiger charge is -2.07. The second kappa shape index (κ2) is 6.78. The van der Waals surface area contributed by atoms with Gasteiger partial charge in [0.25, 0.3) is 0 Å². The third kappa shape index (κ3) is 4.40. The second-order valence-corrected chi connectivity index (χ2v) is 5.15. The number of hydrogen-bond acceptors (Lipinski definition) is 1. The zero-order valence-corrected chi connectivity index (χ0v) is 11.9. The summed E-state index contributed by atoms with van der Waals surface area (Å²) in [5.41, 5.74) is 1.96. The van der Waals surface area contributed by atoms with E-state index < -0.39 is 0 Å². The first-order valence-corrected chi connectivity index (χ1v) is 6.83. The van der Waals surface area contributed by atoms with Crippen LogP contribution < -0.4 is 5.32 Å². The largest absolute Gasteiger partial charge is 0.312 e. The molecule has 0 aliphatic rings. The quantitative estimate of drug-likeness (QED) is 0.817. The second-order valence-electron chi connectivity index (χ2n) is 4.29. The van der Waals surface area contributed by atoms with E-state index in [4.69, 9.17) is 0 Å². The first-order chi connectivity index (χ1) is 9.15. The van der Waals surface area contributed by atoms with Crippen molar-refractivity contribution in [3.63, 3.8) is 0 Å². The Morgan fingerprint density at radius 2 is 1.79 bits per heavy atom. The van der Waals surface area contributed by atoms with Crippen LogP contribution in [0, 0.1) is 11.6 Å². The number of rotatable bonds is 5. The summed E-state index contributed by atoms with van der Waals surface area (Å²) in [4.78, 5) is 0. The van der Waals surface area contributed by atoms with Crippen molar-refractivity contribution in [2.75, 3.05) is 6.54 Å². The third-order valence-corrected chi connectivity index (χ3v) is 3.55. The molecule has 2 aromatic carbocycles. The summed E-state index contributed by atoms with van der Waals surface area (Å²) in [6, 6.07) is 11.2. The van der Waals surface area contributed by atoms with E-state index in [2.05, 4.69) is 21.2 Å². The van der Waals surface area contributed by atoms with Crippen LogP contribution in [0.3, 0.4) is 0 Å². The van der Waals surface area contributed by atoms with Crippen molar-refractivity contribution in [1.82, 2.24) is 5.32 Å². The zero-order chi connectivity index (χ0) is 13.7. The Morgan fingerprint density at radius 3 is 2.53 bits per heavy atom. The lowest BCUT2D eigenvalue weighted by Crippen LogP contribution is -2.17. The molecule has 100 valence electrons. The molecular weight excluding hydrogens is 312 g/mol. The van der Waals surface area contributed by atoms with Gasteiger partial charge in [0.2, 0.25) is 0 Å². The van der Waals surface area contributed by atoms with Gasteiger partial charge < -0.3 is 5.32 Å². The Labute approximate surface area is 119 Å². The van der Waals surface area contributed by atoms with Gasteiger partial charge in [-0.05, 0) is 48.4 Å². The van der Waals surface area contributed by atoms with E-state index in [1.807, 2.05) is 6.07 Å². The fourth-order valence-electron chi connectivity index (χ4n) is 1.81. The predicted octanol–water partition coefficient (Wildman–Crippen LogP) is 4.06. The standard InChI is InChI=1S/C15H14BrF2N/c16-15-9-14(18)5-4-12(15)10-19-7-6-11-2-1-3-13(17)8-11/h1-5,8-9,19H,6-7,10H2. The van der Waals surface area contributed by atoms with Crippen molar-refractivity contribution in [3.05, 3.63) is 69.7 Å². The van der Waals surface area contributed by atoms with Crippen LogP contribution in [0.1, 0.15) is 11.1 Å². The minimum atomic E-state index is -0.254. The average Bonchev–Trinajstić information content (AvgIpc) is 2.37. The van der Waals surface area contributed by atoms with E-state index in [0.29, 0.717) is 6.54 Å². The van der Waals surface area contributed by atoms with Crippen LogP contribution in [0.4, 0.5) is 8.78 Å². The molecule has 0 radical (unpaired) electrons. The van der Waals surface area contributed by atoms with Gasteiger partial charge in [0.1, 0.15) is 11.6 Å². The van der Waals surface area contributed by atoms with Gasteiger partial charge in [-0.25, -0.2) is 8.78 Å². The molecule has 0 aliphatic heterocycles. The van der Waals surface area contributed by atoms with Gasteiger partial charge in [0.05, 0.1) is 0 Å². The summed E-state index contributed by atoms with van der Waals surface area (Å²) in [6.07, 6.45) is 0.760. The molecule has 0 amide bonds. The summed E-state index contributed by atoms with van der Waals surface area (Å²) < 4.78 is 26.6. The topological polar surface area (TPSA) is 12.0 Å². The first-order valence-electron chi connectivity index (χ1n) is 6.04. The summed E-state index contributed by atoms with van der Waals surface area (Å²) in [5.74, 6) is -0.464. The highest BCUT2D eigenvalue weighted by molar-refractivity contribution is 9.10. The van der Waals surface area contributed by atoms with E-state index in [1.165, 1.54) is 24.3 Å². The van der Waals surface area contributed by atoms with Gasteiger partial charge in [0, 0.05) is 11.0 Å². The van der Waals surface area contributed by atoms with Gasteiger partial charge in [-0.3, -0.25) is 0 Å². The maximum absolute atomic E-state index is 13.0. The SMILES string of the molecule is Fc1cccc(CCNCc2ccc(F)cc2Br)c1. The molecule has 0 saturated carbocycles. The van der Waals surface area contributed by atoms with Crippen molar-refractivity contribution in [1.29, 1.82) is 0 Å². The van der Waals surface area contributed by atoms with E-state index in [9.17, 15) is 8.78 Å². The van der Waals surface area contributed by atoms with E-state index >= 15 is 0 Å². The van der Waals surface area contributed by atoms with Crippen LogP contribution in [0.2, 0.25) is 0 Å². The molecule has 0 aliphatic carbocycles. The van der Waals surface area contributed by atoms with Crippen molar-refractivity contribution in [2.45, 2.75) is 13.0 Å². The number of nitrogens with one attached hydrogen (secondary N) is 1. The Balaban J connectivity index is 1.81. The Morgan fingerprint density at radius 1 is 1.00 bits per heavy atom. The smallest absolute Gasteiger partial charge is 0.124 e. The molecule has 0 bridgehead atoms. The molecule has 0 aromatic heterocycles. The van der Waals surface area contributed by atoms with Crippen LogP contribution in [-0.2, 0) is 13.0 Å². The molecule has 0 spiro atoms. The maximum Gasteiger partial charge on any atom is 0.124 e. The normalized spacial score (nSPS) is 10.7. The van der Waals surface area contributed by atoms with Gasteiger partial charge >= 0.3 is 0 Å². The van der Waals surface area contributed by atoms with Crippen molar-refractivity contribution in [2.24, 2.45) is 0 Å². The zero-order valence-electron chi connectivity index (χ0n) is 10.3. The number of halogens is 3. The van der Waals surface area contributed by atoms with Crippen molar-refractivity contribution < 1.29 is 8.78 Å². The van der Waals surface area contributed by atoms with Crippen LogP contribution in [-0.4, -0.2) is 6.54 Å². The Bertz CT molecular complexity index is 558. The molecule has 1 N–H and O–H groups in total. The highest BCUT2D eigenvalue weighted by atomic mass is 79.9. The number of hydrogen-bond donors (Lipinski definition) is 1. The predicted molar refractivity (Wildman–Crippen MR) is 75.9 cm³/mol. The van der Waals surface area contributed by atoms with Crippen molar-refractivity contribution >= 4 is 15.9 Å². The van der Waals surface area contributed by atoms with Crippen LogP contribution >= 0.6 is 15.9 Å². The molecule has 4 heteroatoms. The summed E-state index contributed by atoms with van der Waals surface area (Å²) in [6.45, 7) is 1.39. The highest BCUT2D eigenvalue weighted by Gasteiger charge is 2.01. The van der Waals surface area contributed by atoms with Crippen molar-refractivity contribution in [3.8, 4) is 0 Å². The molecule has 19 heavy (non-hydrogen) atoms. The summed E-state index contributed by atoms with van der Waals surface area (Å²) in [5, 5.41) is 3.26. The molecule has 2 rings (SSSR count). The van der Waals surface area contributed by atoms with Gasteiger partial charge in [-0.1, -0.05) is 34.1 Å². The molecule has 0 atom stereocenters. The molecule has 0 saturated heterocycles. The van der Waals surface area contributed by atoms with Gasteiger partial charge in [-0.15, -0.1) is 0 Å². The van der Waals surface area contributed by atoms with E-state index in [-0.39, 0.29) is 11.6 Å². The first kappa shape index (κ1) is 14.2. The molecule has 0 fully saturated rings. The molecule has 0 unspecified atom stereocenters. The Hall–Kier alpha value is -1.26. The highest BCUT2D eigenvalue weighted by Crippen LogP contribution is 2.17. The fraction of sp³-hybridized carbons (Fsp3) is 0.200. The van der Waals surface area contributed by atoms with Gasteiger partial charge in [0.15, 0.2) is 0 Å². The molecule has 1 nitrogen and oxygen atoms in total. The number of benzene rings is 2. The van der Waals surface area contributed by atoms with Gasteiger partial charge in [-0.2, -0.15) is 0 Å². The Kier molecular flexibility index (Phi) is 5.05. The molecule has 0 heterocycles. The third-order valence-electron chi connectivity index (χ3n) is 2.81. The van der Waals surface area contributed by atoms with E-state index in [1.54, 1.807) is 12.1 Å². The monoisotopic (exact) mass is 325 g/mol. The maximum atomic E-state index is 13.0. The molecular formula is C15H14BrF2N. The lowest BCUT2D eigenvalue weighted by molar-refractivity contribution is 0.620. The average molecular weight is 326 g/mol. The van der Waals surface area contributed by atoms with Crippen LogP contribution in [0.25, 0.3) is 0 Å². The molecule has 2 aromatic rings. The minimum Gasteiger partial charge on any atom is -0.312 e. The minimum absolute atomic E-state index is 0.209.